The molecule has 0 bridgehead atoms. The first-order chi connectivity index (χ1) is 15.7. The van der Waals surface area contributed by atoms with Crippen molar-refractivity contribution in [3.63, 3.8) is 0 Å². The second-order valence-electron chi connectivity index (χ2n) is 8.48. The maximum atomic E-state index is 12.6. The number of amides is 1. The largest absolute Gasteiger partial charge is 0.490 e. The van der Waals surface area contributed by atoms with Gasteiger partial charge in [-0.3, -0.25) is 9.78 Å². The van der Waals surface area contributed by atoms with Crippen LogP contribution in [0.2, 0.25) is 0 Å². The zero-order chi connectivity index (χ0) is 23.9. The van der Waals surface area contributed by atoms with Crippen molar-refractivity contribution in [1.82, 2.24) is 14.8 Å². The lowest BCUT2D eigenvalue weighted by atomic mass is 9.86. The van der Waals surface area contributed by atoms with E-state index < -0.39 is 12.1 Å². The molecule has 1 atom stereocenters. The first kappa shape index (κ1) is 24.7. The Hall–Kier alpha value is -2.94. The maximum absolute atomic E-state index is 12.6. The lowest BCUT2D eigenvalue weighted by Crippen LogP contribution is -2.56. The van der Waals surface area contributed by atoms with E-state index in [1.54, 1.807) is 6.20 Å². The summed E-state index contributed by atoms with van der Waals surface area (Å²) in [5.41, 5.74) is 2.53. The molecule has 33 heavy (non-hydrogen) atoms. The van der Waals surface area contributed by atoms with E-state index in [1.165, 1.54) is 12.0 Å². The fourth-order valence-corrected chi connectivity index (χ4v) is 4.56. The minimum absolute atomic E-state index is 0.0157. The Morgan fingerprint density at radius 1 is 1.09 bits per heavy atom. The summed E-state index contributed by atoms with van der Waals surface area (Å²) in [5, 5.41) is 7.12. The Labute approximate surface area is 191 Å². The molecule has 1 unspecified atom stereocenters. The first-order valence-corrected chi connectivity index (χ1v) is 11.0. The summed E-state index contributed by atoms with van der Waals surface area (Å²) in [6.07, 6.45) is 3.65. The molecular weight excluding hydrogens is 435 g/mol. The van der Waals surface area contributed by atoms with Gasteiger partial charge in [0.05, 0.1) is 5.54 Å². The molecule has 4 rings (SSSR count). The monoisotopic (exact) mass is 463 g/mol. The number of alkyl halides is 3. The molecule has 3 heterocycles. The molecule has 1 spiro atoms. The fraction of sp³-hybridized carbons (Fsp3) is 0.458. The number of benzene rings is 1. The second kappa shape index (κ2) is 10.8. The summed E-state index contributed by atoms with van der Waals surface area (Å²) < 4.78 is 31.7. The van der Waals surface area contributed by atoms with Crippen LogP contribution in [0.4, 0.5) is 13.2 Å². The van der Waals surface area contributed by atoms with Crippen molar-refractivity contribution in [2.75, 3.05) is 19.6 Å². The molecule has 1 aromatic carbocycles. The van der Waals surface area contributed by atoms with Gasteiger partial charge in [0.15, 0.2) is 0 Å². The number of aliphatic carboxylic acids is 1. The lowest BCUT2D eigenvalue weighted by Gasteiger charge is -2.46. The molecule has 1 amide bonds. The van der Waals surface area contributed by atoms with Crippen LogP contribution in [-0.4, -0.2) is 63.1 Å². The predicted octanol–water partition coefficient (Wildman–Crippen LogP) is 3.91. The Morgan fingerprint density at radius 3 is 2.42 bits per heavy atom. The number of carboxylic acid groups (broad SMARTS) is 1. The summed E-state index contributed by atoms with van der Waals surface area (Å²) >= 11 is 0. The van der Waals surface area contributed by atoms with Crippen LogP contribution in [0, 0.1) is 0 Å². The van der Waals surface area contributed by atoms with Crippen LogP contribution in [0.25, 0.3) is 0 Å². The highest BCUT2D eigenvalue weighted by Gasteiger charge is 2.47. The van der Waals surface area contributed by atoms with E-state index in [0.717, 1.165) is 44.5 Å². The average molecular weight is 464 g/mol. The summed E-state index contributed by atoms with van der Waals surface area (Å²) in [6.45, 7) is 3.91. The van der Waals surface area contributed by atoms with Crippen molar-refractivity contribution in [1.29, 1.82) is 0 Å². The highest BCUT2D eigenvalue weighted by molar-refractivity contribution is 5.79. The molecule has 2 saturated heterocycles. The molecule has 9 heteroatoms. The summed E-state index contributed by atoms with van der Waals surface area (Å²) in [6, 6.07) is 14.7. The van der Waals surface area contributed by atoms with Crippen molar-refractivity contribution in [3.8, 4) is 0 Å². The summed E-state index contributed by atoms with van der Waals surface area (Å²) in [5.74, 6) is -2.45. The molecule has 2 aliphatic rings. The molecule has 2 aromatic rings. The van der Waals surface area contributed by atoms with Crippen molar-refractivity contribution < 1.29 is 27.9 Å². The number of carbonyl (C=O) groups is 2. The molecule has 178 valence electrons. The van der Waals surface area contributed by atoms with Crippen molar-refractivity contribution in [3.05, 3.63) is 66.0 Å². The normalized spacial score (nSPS) is 21.1. The van der Waals surface area contributed by atoms with Gasteiger partial charge in [-0.1, -0.05) is 36.4 Å². The molecule has 0 saturated carbocycles. The first-order valence-electron chi connectivity index (χ1n) is 11.0. The maximum Gasteiger partial charge on any atom is 0.490 e. The number of nitrogens with zero attached hydrogens (tertiary/aromatic N) is 3. The Balaban J connectivity index is 0.000000383. The van der Waals surface area contributed by atoms with E-state index in [1.807, 2.05) is 12.3 Å². The molecule has 1 aromatic heterocycles. The number of likely N-dealkylation sites (tertiary alicyclic amines) is 2. The topological polar surface area (TPSA) is 73.7 Å². The zero-order valence-electron chi connectivity index (χ0n) is 18.3. The number of pyridine rings is 1. The van der Waals surface area contributed by atoms with E-state index in [9.17, 15) is 18.0 Å². The zero-order valence-corrected chi connectivity index (χ0v) is 18.3. The third-order valence-electron chi connectivity index (χ3n) is 6.18. The minimum atomic E-state index is -5.08. The van der Waals surface area contributed by atoms with Crippen LogP contribution in [-0.2, 0) is 22.6 Å². The van der Waals surface area contributed by atoms with Gasteiger partial charge in [-0.15, -0.1) is 0 Å². The molecule has 2 fully saturated rings. The summed E-state index contributed by atoms with van der Waals surface area (Å²) in [4.78, 5) is 30.4. The van der Waals surface area contributed by atoms with Crippen LogP contribution in [0.5, 0.6) is 0 Å². The van der Waals surface area contributed by atoms with Gasteiger partial charge in [-0.2, -0.15) is 13.2 Å². The smallest absolute Gasteiger partial charge is 0.475 e. The van der Waals surface area contributed by atoms with Gasteiger partial charge < -0.3 is 14.9 Å². The lowest BCUT2D eigenvalue weighted by molar-refractivity contribution is -0.192. The fourth-order valence-electron chi connectivity index (χ4n) is 4.56. The van der Waals surface area contributed by atoms with Gasteiger partial charge in [-0.25, -0.2) is 4.79 Å². The second-order valence-corrected chi connectivity index (χ2v) is 8.48. The number of piperidine rings is 1. The quantitative estimate of drug-likeness (QED) is 0.728. The molecule has 0 aliphatic carbocycles. The number of hydrogen-bond acceptors (Lipinski definition) is 4. The van der Waals surface area contributed by atoms with Gasteiger partial charge >= 0.3 is 12.1 Å². The Bertz CT molecular complexity index is 925. The molecule has 1 N–H and O–H groups in total. The van der Waals surface area contributed by atoms with Crippen LogP contribution in [0.15, 0.2) is 54.9 Å². The molecule has 0 radical (unpaired) electrons. The number of hydrogen-bond donors (Lipinski definition) is 1. The SMILES string of the molecule is O=C(O)C(F)(F)F.O=C1CCC2(CCCN(CCc3ccccc3)C2)N1Cc1cccnc1. The van der Waals surface area contributed by atoms with Crippen LogP contribution >= 0.6 is 0 Å². The highest BCUT2D eigenvalue weighted by atomic mass is 19.4. The van der Waals surface area contributed by atoms with E-state index in [0.29, 0.717) is 18.9 Å². The molecular formula is C24H28F3N3O3. The average Bonchev–Trinajstić information content (AvgIpc) is 3.08. The van der Waals surface area contributed by atoms with Gasteiger partial charge in [0.25, 0.3) is 0 Å². The number of halogens is 3. The number of carboxylic acids is 1. The number of rotatable bonds is 5. The van der Waals surface area contributed by atoms with Gasteiger partial charge in [0.1, 0.15) is 0 Å². The van der Waals surface area contributed by atoms with Crippen molar-refractivity contribution in [2.45, 2.75) is 50.4 Å². The van der Waals surface area contributed by atoms with Gasteiger partial charge in [-0.05, 0) is 49.4 Å². The predicted molar refractivity (Wildman–Crippen MR) is 116 cm³/mol. The van der Waals surface area contributed by atoms with E-state index in [-0.39, 0.29) is 5.54 Å². The Kier molecular flexibility index (Phi) is 8.07. The minimum Gasteiger partial charge on any atom is -0.475 e. The Morgan fingerprint density at radius 2 is 1.79 bits per heavy atom. The third-order valence-corrected chi connectivity index (χ3v) is 6.18. The van der Waals surface area contributed by atoms with E-state index in [2.05, 4.69) is 51.2 Å². The molecule has 6 nitrogen and oxygen atoms in total. The van der Waals surface area contributed by atoms with Crippen molar-refractivity contribution in [2.24, 2.45) is 0 Å². The highest BCUT2D eigenvalue weighted by Crippen LogP contribution is 2.38. The number of aromatic nitrogens is 1. The molecule has 2 aliphatic heterocycles. The number of carbonyl (C=O) groups excluding carboxylic acids is 1. The van der Waals surface area contributed by atoms with Crippen LogP contribution in [0.3, 0.4) is 0 Å². The van der Waals surface area contributed by atoms with Gasteiger partial charge in [0, 0.05) is 38.4 Å². The van der Waals surface area contributed by atoms with Gasteiger partial charge in [0.2, 0.25) is 5.91 Å². The van der Waals surface area contributed by atoms with Crippen molar-refractivity contribution >= 4 is 11.9 Å². The van der Waals surface area contributed by atoms with Crippen LogP contribution < -0.4 is 0 Å². The van der Waals surface area contributed by atoms with Crippen LogP contribution in [0.1, 0.15) is 36.8 Å². The summed E-state index contributed by atoms with van der Waals surface area (Å²) in [7, 11) is 0. The standard InChI is InChI=1S/C22H27N3O.C2HF3O2/c26-21-9-12-22(25(21)17-20-8-4-13-23-16-20)11-5-14-24(18-22)15-10-19-6-2-1-3-7-19;3-2(4,5)1(6)7/h1-4,6-8,13,16H,5,9-12,14-15,17-18H2;(H,6,7). The van der Waals surface area contributed by atoms with E-state index >= 15 is 0 Å². The van der Waals surface area contributed by atoms with E-state index in [4.69, 9.17) is 9.90 Å². The third kappa shape index (κ3) is 6.77.